The third-order valence-electron chi connectivity index (χ3n) is 4.91. The average Bonchev–Trinajstić information content (AvgIpc) is 3.36. The lowest BCUT2D eigenvalue weighted by molar-refractivity contribution is 0.102. The summed E-state index contributed by atoms with van der Waals surface area (Å²) in [7, 11) is 0. The fourth-order valence-corrected chi connectivity index (χ4v) is 3.35. The molecule has 8 nitrogen and oxygen atoms in total. The van der Waals surface area contributed by atoms with Gasteiger partial charge in [-0.15, -0.1) is 0 Å². The monoisotopic (exact) mass is 403 g/mol. The van der Waals surface area contributed by atoms with Gasteiger partial charge in [0, 0.05) is 17.4 Å². The first kappa shape index (κ1) is 19.8. The molecule has 30 heavy (non-hydrogen) atoms. The molecule has 1 amide bonds. The minimum Gasteiger partial charge on any atom is -0.322 e. The van der Waals surface area contributed by atoms with Crippen molar-refractivity contribution in [3.63, 3.8) is 0 Å². The fraction of sp³-hybridized carbons (Fsp3) is 0.318. The molecule has 0 fully saturated rings. The molecule has 0 unspecified atom stereocenters. The molecular formula is C22H25N7O. The Balaban J connectivity index is 1.66. The molecule has 0 atom stereocenters. The molecule has 0 radical (unpaired) electrons. The van der Waals surface area contributed by atoms with Crippen molar-refractivity contribution in [1.29, 1.82) is 0 Å². The van der Waals surface area contributed by atoms with Crippen molar-refractivity contribution in [1.82, 2.24) is 29.5 Å². The van der Waals surface area contributed by atoms with Crippen LogP contribution in [0.1, 0.15) is 61.3 Å². The van der Waals surface area contributed by atoms with Crippen molar-refractivity contribution >= 4 is 22.6 Å². The van der Waals surface area contributed by atoms with Crippen molar-refractivity contribution in [2.24, 2.45) is 0 Å². The van der Waals surface area contributed by atoms with Gasteiger partial charge in [0.1, 0.15) is 12.7 Å². The highest BCUT2D eigenvalue weighted by molar-refractivity contribution is 6.12. The Morgan fingerprint density at radius 1 is 1.13 bits per heavy atom. The second-order valence-electron chi connectivity index (χ2n) is 7.92. The molecular weight excluding hydrogens is 378 g/mol. The summed E-state index contributed by atoms with van der Waals surface area (Å²) in [4.78, 5) is 21.9. The van der Waals surface area contributed by atoms with E-state index in [0.717, 1.165) is 28.0 Å². The lowest BCUT2D eigenvalue weighted by Crippen LogP contribution is -2.14. The Morgan fingerprint density at radius 2 is 1.97 bits per heavy atom. The normalized spacial score (nSPS) is 11.5. The summed E-state index contributed by atoms with van der Waals surface area (Å²) in [5.74, 6) is 0.0213. The molecule has 0 aliphatic rings. The number of anilines is 1. The van der Waals surface area contributed by atoms with E-state index in [4.69, 9.17) is 4.98 Å². The first-order valence-corrected chi connectivity index (χ1v) is 10.0. The fourth-order valence-electron chi connectivity index (χ4n) is 3.35. The summed E-state index contributed by atoms with van der Waals surface area (Å²) in [5.41, 5.74) is 3.94. The minimum atomic E-state index is -0.175. The van der Waals surface area contributed by atoms with Gasteiger partial charge < -0.3 is 5.32 Å². The molecule has 0 saturated heterocycles. The lowest BCUT2D eigenvalue weighted by Gasteiger charge is -2.13. The number of nitrogens with zero attached hydrogens (tertiary/aromatic N) is 6. The van der Waals surface area contributed by atoms with E-state index in [0.29, 0.717) is 12.1 Å². The lowest BCUT2D eigenvalue weighted by atomic mass is 10.0. The first-order chi connectivity index (χ1) is 14.4. The maximum atomic E-state index is 13.2. The van der Waals surface area contributed by atoms with Crippen LogP contribution in [0, 0.1) is 0 Å². The van der Waals surface area contributed by atoms with Gasteiger partial charge in [0.2, 0.25) is 0 Å². The van der Waals surface area contributed by atoms with E-state index in [2.05, 4.69) is 48.2 Å². The van der Waals surface area contributed by atoms with E-state index in [1.54, 1.807) is 17.2 Å². The van der Waals surface area contributed by atoms with Gasteiger partial charge in [0.05, 0.1) is 23.7 Å². The number of benzene rings is 1. The SMILES string of the molecule is CC(C)c1cc(C(=O)Nc2cccc(Cn3cncn3)c2)c2cnn(C(C)C)c2n1. The van der Waals surface area contributed by atoms with Gasteiger partial charge in [0.25, 0.3) is 5.91 Å². The van der Waals surface area contributed by atoms with Gasteiger partial charge in [-0.05, 0) is 43.5 Å². The van der Waals surface area contributed by atoms with Crippen molar-refractivity contribution in [2.45, 2.75) is 46.2 Å². The molecule has 0 spiro atoms. The Labute approximate surface area is 175 Å². The van der Waals surface area contributed by atoms with Crippen molar-refractivity contribution < 1.29 is 4.79 Å². The molecule has 0 saturated carbocycles. The van der Waals surface area contributed by atoms with Gasteiger partial charge in [-0.2, -0.15) is 10.2 Å². The van der Waals surface area contributed by atoms with E-state index in [9.17, 15) is 4.79 Å². The average molecular weight is 403 g/mol. The van der Waals surface area contributed by atoms with Crippen LogP contribution in [0.4, 0.5) is 5.69 Å². The first-order valence-electron chi connectivity index (χ1n) is 10.0. The molecule has 0 bridgehead atoms. The number of rotatable bonds is 6. The van der Waals surface area contributed by atoms with Gasteiger partial charge in [-0.25, -0.2) is 19.3 Å². The minimum absolute atomic E-state index is 0.154. The second kappa shape index (κ2) is 8.06. The number of fused-ring (bicyclic) bond motifs is 1. The summed E-state index contributed by atoms with van der Waals surface area (Å²) in [6, 6.07) is 9.75. The van der Waals surface area contributed by atoms with Crippen LogP contribution < -0.4 is 5.32 Å². The molecule has 4 aromatic rings. The molecule has 3 heterocycles. The van der Waals surface area contributed by atoms with Crippen LogP contribution in [-0.4, -0.2) is 35.4 Å². The highest BCUT2D eigenvalue weighted by atomic mass is 16.1. The van der Waals surface area contributed by atoms with E-state index in [-0.39, 0.29) is 17.9 Å². The number of carbonyl (C=O) groups is 1. The van der Waals surface area contributed by atoms with Crippen LogP contribution in [0.5, 0.6) is 0 Å². The topological polar surface area (TPSA) is 90.5 Å². The van der Waals surface area contributed by atoms with Crippen LogP contribution in [-0.2, 0) is 6.54 Å². The second-order valence-corrected chi connectivity index (χ2v) is 7.92. The number of hydrogen-bond acceptors (Lipinski definition) is 5. The number of aromatic nitrogens is 6. The van der Waals surface area contributed by atoms with Crippen molar-refractivity contribution in [3.8, 4) is 0 Å². The van der Waals surface area contributed by atoms with Gasteiger partial charge in [-0.1, -0.05) is 26.0 Å². The standard InChI is InChI=1S/C22H25N7O/c1-14(2)20-9-18(19-10-24-29(15(3)4)21(19)27-20)22(30)26-17-7-5-6-16(8-17)11-28-13-23-12-25-28/h5-10,12-15H,11H2,1-4H3,(H,26,30). The molecule has 3 aromatic heterocycles. The number of carbonyl (C=O) groups excluding carboxylic acids is 1. The van der Waals surface area contributed by atoms with E-state index in [1.807, 2.05) is 35.0 Å². The molecule has 1 N–H and O–H groups in total. The van der Waals surface area contributed by atoms with Crippen LogP contribution in [0.15, 0.2) is 49.2 Å². The smallest absolute Gasteiger partial charge is 0.256 e. The summed E-state index contributed by atoms with van der Waals surface area (Å²) >= 11 is 0. The summed E-state index contributed by atoms with van der Waals surface area (Å²) < 4.78 is 3.60. The molecule has 0 aliphatic heterocycles. The zero-order valence-electron chi connectivity index (χ0n) is 17.6. The molecule has 4 rings (SSSR count). The van der Waals surface area contributed by atoms with Crippen molar-refractivity contribution in [3.05, 3.63) is 66.0 Å². The molecule has 154 valence electrons. The van der Waals surface area contributed by atoms with E-state index < -0.39 is 0 Å². The predicted octanol–water partition coefficient (Wildman–Crippen LogP) is 4.03. The van der Waals surface area contributed by atoms with E-state index >= 15 is 0 Å². The number of nitrogens with one attached hydrogen (secondary N) is 1. The molecule has 0 aliphatic carbocycles. The van der Waals surface area contributed by atoms with Gasteiger partial charge >= 0.3 is 0 Å². The van der Waals surface area contributed by atoms with Crippen LogP contribution in [0.25, 0.3) is 11.0 Å². The Hall–Kier alpha value is -3.55. The highest BCUT2D eigenvalue weighted by Crippen LogP contribution is 2.25. The Morgan fingerprint density at radius 3 is 2.67 bits per heavy atom. The largest absolute Gasteiger partial charge is 0.322 e. The third kappa shape index (κ3) is 3.94. The summed E-state index contributed by atoms with van der Waals surface area (Å²) in [5, 5.41) is 12.4. The Kier molecular flexibility index (Phi) is 5.31. The van der Waals surface area contributed by atoms with E-state index in [1.165, 1.54) is 6.33 Å². The summed E-state index contributed by atoms with van der Waals surface area (Å²) in [6.45, 7) is 8.83. The molecule has 1 aromatic carbocycles. The van der Waals surface area contributed by atoms with Crippen molar-refractivity contribution in [2.75, 3.05) is 5.32 Å². The number of pyridine rings is 1. The zero-order valence-corrected chi connectivity index (χ0v) is 17.6. The van der Waals surface area contributed by atoms with Gasteiger partial charge in [-0.3, -0.25) is 4.79 Å². The predicted molar refractivity (Wildman–Crippen MR) is 116 cm³/mol. The zero-order chi connectivity index (χ0) is 21.3. The maximum absolute atomic E-state index is 13.2. The maximum Gasteiger partial charge on any atom is 0.256 e. The van der Waals surface area contributed by atoms with Crippen LogP contribution >= 0.6 is 0 Å². The number of amides is 1. The summed E-state index contributed by atoms with van der Waals surface area (Å²) in [6.07, 6.45) is 4.89. The highest BCUT2D eigenvalue weighted by Gasteiger charge is 2.19. The number of hydrogen-bond donors (Lipinski definition) is 1. The van der Waals surface area contributed by atoms with Gasteiger partial charge in [0.15, 0.2) is 5.65 Å². The Bertz CT molecular complexity index is 1180. The van der Waals surface area contributed by atoms with Crippen LogP contribution in [0.2, 0.25) is 0 Å². The quantitative estimate of drug-likeness (QED) is 0.525. The molecule has 8 heteroatoms. The third-order valence-corrected chi connectivity index (χ3v) is 4.91. The van der Waals surface area contributed by atoms with Crippen LogP contribution in [0.3, 0.4) is 0 Å².